The van der Waals surface area contributed by atoms with Gasteiger partial charge in [0.15, 0.2) is 0 Å². The number of fused-ring (bicyclic) bond motifs is 1. The lowest BCUT2D eigenvalue weighted by molar-refractivity contribution is -0.119. The molecule has 1 N–H and O–H groups in total. The first kappa shape index (κ1) is 12.6. The lowest BCUT2D eigenvalue weighted by Gasteiger charge is -2.14. The van der Waals surface area contributed by atoms with E-state index < -0.39 is 0 Å². The van der Waals surface area contributed by atoms with Crippen molar-refractivity contribution in [3.05, 3.63) is 72.4 Å². The molecular formula is C18H12N2O2. The molecule has 1 aromatic heterocycles. The molecule has 0 aliphatic carbocycles. The minimum atomic E-state index is -0.315. The summed E-state index contributed by atoms with van der Waals surface area (Å²) in [6.45, 7) is 0. The van der Waals surface area contributed by atoms with E-state index >= 15 is 0 Å². The van der Waals surface area contributed by atoms with E-state index in [1.807, 2.05) is 36.4 Å². The number of H-pyrrole nitrogens is 1. The molecule has 22 heavy (non-hydrogen) atoms. The highest BCUT2D eigenvalue weighted by Gasteiger charge is 2.33. The number of rotatable bonds is 2. The van der Waals surface area contributed by atoms with Crippen molar-refractivity contribution in [1.82, 2.24) is 4.98 Å². The fourth-order valence-electron chi connectivity index (χ4n) is 2.70. The number of anilines is 1. The summed E-state index contributed by atoms with van der Waals surface area (Å²) in [5.41, 5.74) is 2.58. The Labute approximate surface area is 126 Å². The third-order valence-corrected chi connectivity index (χ3v) is 3.76. The highest BCUT2D eigenvalue weighted by Crippen LogP contribution is 2.29. The van der Waals surface area contributed by atoms with Crippen molar-refractivity contribution in [3.63, 3.8) is 0 Å². The van der Waals surface area contributed by atoms with Crippen molar-refractivity contribution in [2.24, 2.45) is 0 Å². The summed E-state index contributed by atoms with van der Waals surface area (Å²) in [7, 11) is 0. The molecule has 0 atom stereocenters. The Balaban J connectivity index is 1.76. The summed E-state index contributed by atoms with van der Waals surface area (Å²) in [6.07, 6.45) is 1.39. The number of carbonyl (C=O) groups excluding carboxylic acids is 2. The minimum Gasteiger partial charge on any atom is -0.354 e. The molecule has 0 saturated carbocycles. The van der Waals surface area contributed by atoms with Crippen LogP contribution in [0.2, 0.25) is 0 Å². The molecule has 2 aromatic carbocycles. The highest BCUT2D eigenvalue weighted by atomic mass is 16.2. The van der Waals surface area contributed by atoms with Gasteiger partial charge in [-0.3, -0.25) is 9.59 Å². The number of carbonyl (C=O) groups is 2. The van der Waals surface area contributed by atoms with E-state index in [1.54, 1.807) is 24.3 Å². The van der Waals surface area contributed by atoms with Crippen molar-refractivity contribution >= 4 is 34.0 Å². The average molecular weight is 288 g/mol. The van der Waals surface area contributed by atoms with Crippen LogP contribution >= 0.6 is 0 Å². The lowest BCUT2D eigenvalue weighted by Crippen LogP contribution is -2.30. The SMILES string of the molecule is O=C1C=C(c2cc3ccccc3[nH]2)C(=O)N1c1ccccc1. The number of imide groups is 1. The first-order valence-corrected chi connectivity index (χ1v) is 6.97. The summed E-state index contributed by atoms with van der Waals surface area (Å²) >= 11 is 0. The van der Waals surface area contributed by atoms with Crippen LogP contribution in [0, 0.1) is 0 Å². The number of aromatic amines is 1. The summed E-state index contributed by atoms with van der Waals surface area (Å²) in [5.74, 6) is -0.618. The van der Waals surface area contributed by atoms with Crippen LogP contribution in [0.15, 0.2) is 66.7 Å². The molecule has 4 nitrogen and oxygen atoms in total. The highest BCUT2D eigenvalue weighted by molar-refractivity contribution is 6.43. The van der Waals surface area contributed by atoms with Gasteiger partial charge in [-0.2, -0.15) is 0 Å². The fourth-order valence-corrected chi connectivity index (χ4v) is 2.70. The maximum absolute atomic E-state index is 12.6. The van der Waals surface area contributed by atoms with Crippen molar-refractivity contribution in [3.8, 4) is 0 Å². The van der Waals surface area contributed by atoms with Gasteiger partial charge in [0.05, 0.1) is 17.0 Å². The van der Waals surface area contributed by atoms with Crippen molar-refractivity contribution in [1.29, 1.82) is 0 Å². The molecule has 0 radical (unpaired) electrons. The van der Waals surface area contributed by atoms with Gasteiger partial charge in [-0.1, -0.05) is 36.4 Å². The van der Waals surface area contributed by atoms with Crippen LogP contribution in [-0.2, 0) is 9.59 Å². The predicted octanol–water partition coefficient (Wildman–Crippen LogP) is 3.12. The molecule has 0 fully saturated rings. The zero-order valence-electron chi connectivity index (χ0n) is 11.6. The predicted molar refractivity (Wildman–Crippen MR) is 85.2 cm³/mol. The molecule has 2 amide bonds. The summed E-state index contributed by atoms with van der Waals surface area (Å²) in [5, 5.41) is 1.01. The average Bonchev–Trinajstić information content (AvgIpc) is 3.09. The van der Waals surface area contributed by atoms with Crippen LogP contribution in [0.1, 0.15) is 5.69 Å². The maximum atomic E-state index is 12.6. The van der Waals surface area contributed by atoms with E-state index in [0.29, 0.717) is 17.0 Å². The van der Waals surface area contributed by atoms with Gasteiger partial charge in [0.25, 0.3) is 11.8 Å². The molecule has 4 rings (SSSR count). The third kappa shape index (κ3) is 1.85. The molecule has 2 heterocycles. The van der Waals surface area contributed by atoms with Gasteiger partial charge >= 0.3 is 0 Å². The Morgan fingerprint density at radius 1 is 0.864 bits per heavy atom. The normalized spacial score (nSPS) is 14.7. The van der Waals surface area contributed by atoms with E-state index in [9.17, 15) is 9.59 Å². The van der Waals surface area contributed by atoms with Crippen LogP contribution in [-0.4, -0.2) is 16.8 Å². The number of aromatic nitrogens is 1. The number of benzene rings is 2. The zero-order valence-corrected chi connectivity index (χ0v) is 11.6. The Morgan fingerprint density at radius 2 is 1.59 bits per heavy atom. The van der Waals surface area contributed by atoms with Crippen molar-refractivity contribution < 1.29 is 9.59 Å². The number of amides is 2. The number of hydrogen-bond donors (Lipinski definition) is 1. The molecule has 0 unspecified atom stereocenters. The monoisotopic (exact) mass is 288 g/mol. The van der Waals surface area contributed by atoms with Gasteiger partial charge in [-0.05, 0) is 24.3 Å². The Bertz CT molecular complexity index is 889. The molecule has 4 heteroatoms. The van der Waals surface area contributed by atoms with Gasteiger partial charge in [-0.25, -0.2) is 4.90 Å². The smallest absolute Gasteiger partial charge is 0.267 e. The number of hydrogen-bond acceptors (Lipinski definition) is 2. The molecule has 0 spiro atoms. The van der Waals surface area contributed by atoms with Gasteiger partial charge in [0.1, 0.15) is 0 Å². The van der Waals surface area contributed by atoms with Crippen LogP contribution in [0.25, 0.3) is 16.5 Å². The molecule has 3 aromatic rings. The first-order chi connectivity index (χ1) is 10.7. The Hall–Kier alpha value is -3.14. The minimum absolute atomic E-state index is 0.303. The molecule has 0 saturated heterocycles. The van der Waals surface area contributed by atoms with E-state index in [0.717, 1.165) is 10.9 Å². The quantitative estimate of drug-likeness (QED) is 0.737. The van der Waals surface area contributed by atoms with Crippen LogP contribution in [0.4, 0.5) is 5.69 Å². The van der Waals surface area contributed by atoms with Crippen molar-refractivity contribution in [2.75, 3.05) is 4.90 Å². The van der Waals surface area contributed by atoms with Gasteiger partial charge in [0, 0.05) is 17.0 Å². The van der Waals surface area contributed by atoms with E-state index in [-0.39, 0.29) is 11.8 Å². The topological polar surface area (TPSA) is 53.2 Å². The Kier molecular flexibility index (Phi) is 2.69. The van der Waals surface area contributed by atoms with Gasteiger partial charge in [0.2, 0.25) is 0 Å². The zero-order chi connectivity index (χ0) is 15.1. The summed E-state index contributed by atoms with van der Waals surface area (Å²) in [4.78, 5) is 29.2. The van der Waals surface area contributed by atoms with E-state index in [1.165, 1.54) is 11.0 Å². The molecule has 1 aliphatic heterocycles. The van der Waals surface area contributed by atoms with Crippen molar-refractivity contribution in [2.45, 2.75) is 0 Å². The second kappa shape index (κ2) is 4.70. The van der Waals surface area contributed by atoms with E-state index in [4.69, 9.17) is 0 Å². The maximum Gasteiger partial charge on any atom is 0.267 e. The molecular weight excluding hydrogens is 276 g/mol. The van der Waals surface area contributed by atoms with Crippen LogP contribution in [0.3, 0.4) is 0 Å². The molecule has 0 bridgehead atoms. The van der Waals surface area contributed by atoms with Gasteiger partial charge < -0.3 is 4.98 Å². The largest absolute Gasteiger partial charge is 0.354 e. The van der Waals surface area contributed by atoms with Gasteiger partial charge in [-0.15, -0.1) is 0 Å². The fraction of sp³-hybridized carbons (Fsp3) is 0. The Morgan fingerprint density at radius 3 is 2.36 bits per heavy atom. The number of nitrogens with one attached hydrogen (secondary N) is 1. The first-order valence-electron chi connectivity index (χ1n) is 6.97. The summed E-state index contributed by atoms with van der Waals surface area (Å²) in [6, 6.07) is 18.6. The standard InChI is InChI=1S/C18H12N2O2/c21-17-11-14(16-10-12-6-4-5-9-15(12)19-16)18(22)20(17)13-7-2-1-3-8-13/h1-11,19H. The van der Waals surface area contributed by atoms with Crippen LogP contribution < -0.4 is 4.90 Å². The summed E-state index contributed by atoms with van der Waals surface area (Å²) < 4.78 is 0. The molecule has 1 aliphatic rings. The number of para-hydroxylation sites is 2. The van der Waals surface area contributed by atoms with Crippen LogP contribution in [0.5, 0.6) is 0 Å². The second-order valence-corrected chi connectivity index (χ2v) is 5.14. The second-order valence-electron chi connectivity index (χ2n) is 5.14. The third-order valence-electron chi connectivity index (χ3n) is 3.76. The van der Waals surface area contributed by atoms with E-state index in [2.05, 4.69) is 4.98 Å². The molecule has 106 valence electrons. The number of nitrogens with zero attached hydrogens (tertiary/aromatic N) is 1. The lowest BCUT2D eigenvalue weighted by atomic mass is 10.2.